The highest BCUT2D eigenvalue weighted by Crippen LogP contribution is 2.14. The molecule has 9 amide bonds. The molecule has 0 unspecified atom stereocenters. The molecule has 21 N–H and O–H groups in total. The minimum absolute atomic E-state index is 0.00787. The van der Waals surface area contributed by atoms with Crippen LogP contribution in [0.1, 0.15) is 76.8 Å². The molecule has 2 aromatic carbocycles. The number of phenolic OH excluding ortho intramolecular Hbond substituents is 2. The maximum absolute atomic E-state index is 13.5. The molecule has 0 heterocycles. The Hall–Kier alpha value is -7.46. The lowest BCUT2D eigenvalue weighted by Gasteiger charge is -2.27. The second-order valence-electron chi connectivity index (χ2n) is 17.6. The van der Waals surface area contributed by atoms with E-state index in [-0.39, 0.29) is 56.7 Å². The fraction of sp³-hybridized carbons (Fsp3) is 0.532. The van der Waals surface area contributed by atoms with E-state index in [0.29, 0.717) is 30.4 Å². The van der Waals surface area contributed by atoms with E-state index in [1.54, 1.807) is 12.1 Å². The summed E-state index contributed by atoms with van der Waals surface area (Å²) in [6.45, 7) is 3.11. The van der Waals surface area contributed by atoms with Crippen molar-refractivity contribution < 1.29 is 73.5 Å². The van der Waals surface area contributed by atoms with Crippen LogP contribution in [0.15, 0.2) is 48.5 Å². The van der Waals surface area contributed by atoms with Crippen molar-refractivity contribution in [3.63, 3.8) is 0 Å². The van der Waals surface area contributed by atoms with Crippen LogP contribution >= 0.6 is 0 Å². The van der Waals surface area contributed by atoms with Gasteiger partial charge in [0, 0.05) is 6.42 Å². The highest BCUT2D eigenvalue weighted by Gasteiger charge is 2.35. The van der Waals surface area contributed by atoms with Gasteiger partial charge in [0.25, 0.3) is 0 Å². The number of carbonyl (C=O) groups is 10. The molecule has 27 heteroatoms. The monoisotopic (exact) mass is 1040 g/mol. The van der Waals surface area contributed by atoms with E-state index in [2.05, 4.69) is 42.5 Å². The van der Waals surface area contributed by atoms with Gasteiger partial charge in [0.1, 0.15) is 53.8 Å². The van der Waals surface area contributed by atoms with Gasteiger partial charge >= 0.3 is 5.97 Å². The van der Waals surface area contributed by atoms with Gasteiger partial charge in [-0.3, -0.25) is 47.9 Å². The average molecular weight is 1050 g/mol. The highest BCUT2D eigenvalue weighted by molar-refractivity contribution is 5.98. The number of aromatic hydroxyl groups is 2. The van der Waals surface area contributed by atoms with Gasteiger partial charge in [0.2, 0.25) is 53.2 Å². The Morgan fingerprint density at radius 3 is 1.39 bits per heavy atom. The zero-order valence-corrected chi connectivity index (χ0v) is 41.5. The van der Waals surface area contributed by atoms with Crippen molar-refractivity contribution in [2.75, 3.05) is 19.6 Å². The van der Waals surface area contributed by atoms with Crippen LogP contribution in [-0.2, 0) is 60.8 Å². The molecule has 10 atom stereocenters. The van der Waals surface area contributed by atoms with Crippen LogP contribution in [-0.4, -0.2) is 165 Å². The summed E-state index contributed by atoms with van der Waals surface area (Å²) in [5.74, 6) is -10.5. The Kier molecular flexibility index (Phi) is 27.0. The fourth-order valence-electron chi connectivity index (χ4n) is 7.04. The SMILES string of the molecule is C[C@H](NC(=O)[C@@H](NC(=O)[C@H](CCCCN)NC(=O)[C@@H](N)Cc1ccc(O)cc1)[C@@H](C)O)C(=O)N[C@@H](CC(=O)O)C(=O)NCC(=O)N[C@@H](CCCCN)C(=O)N[C@H](C(=O)N[C@@H](Cc1ccc(O)cc1)C(N)=O)[C@@H](C)O. The number of nitrogens with two attached hydrogens (primary N) is 4. The number of hydrogen-bond acceptors (Lipinski definition) is 17. The van der Waals surface area contributed by atoms with Gasteiger partial charge in [-0.05, 0) is 114 Å². The van der Waals surface area contributed by atoms with Crippen molar-refractivity contribution >= 4 is 59.1 Å². The Balaban J connectivity index is 2.11. The second-order valence-corrected chi connectivity index (χ2v) is 17.6. The molecule has 0 aliphatic rings. The molecule has 410 valence electrons. The van der Waals surface area contributed by atoms with Gasteiger partial charge < -0.3 is 91.0 Å². The number of rotatable bonds is 33. The predicted molar refractivity (Wildman–Crippen MR) is 264 cm³/mol. The molecule has 0 radical (unpaired) electrons. The fourth-order valence-corrected chi connectivity index (χ4v) is 7.04. The van der Waals surface area contributed by atoms with Crippen LogP contribution in [0.4, 0.5) is 0 Å². The van der Waals surface area contributed by atoms with Crippen LogP contribution in [0.3, 0.4) is 0 Å². The first kappa shape index (κ1) is 62.7. The van der Waals surface area contributed by atoms with Gasteiger partial charge in [0.15, 0.2) is 0 Å². The van der Waals surface area contributed by atoms with Crippen molar-refractivity contribution in [1.82, 2.24) is 42.5 Å². The number of benzene rings is 2. The predicted octanol–water partition coefficient (Wildman–Crippen LogP) is -5.28. The quantitative estimate of drug-likeness (QED) is 0.0297. The number of aliphatic hydroxyl groups excluding tert-OH is 2. The topological polar surface area (TPSA) is 472 Å². The molecular formula is C47H72N12O15. The molecule has 0 spiro atoms. The molecule has 0 aliphatic carbocycles. The molecule has 74 heavy (non-hydrogen) atoms. The van der Waals surface area contributed by atoms with Crippen LogP contribution in [0, 0.1) is 0 Å². The van der Waals surface area contributed by atoms with Gasteiger partial charge in [-0.25, -0.2) is 0 Å². The molecule has 0 bridgehead atoms. The molecule has 2 rings (SSSR count). The zero-order chi connectivity index (χ0) is 55.7. The summed E-state index contributed by atoms with van der Waals surface area (Å²) < 4.78 is 0. The van der Waals surface area contributed by atoms with Crippen molar-refractivity contribution in [2.24, 2.45) is 22.9 Å². The van der Waals surface area contributed by atoms with Crippen molar-refractivity contribution in [1.29, 1.82) is 0 Å². The third kappa shape index (κ3) is 22.5. The summed E-state index contributed by atoms with van der Waals surface area (Å²) in [4.78, 5) is 131. The molecule has 0 aliphatic heterocycles. The third-order valence-electron chi connectivity index (χ3n) is 11.3. The second kappa shape index (κ2) is 31.9. The number of primary amides is 1. The number of nitrogens with one attached hydrogen (secondary N) is 8. The first-order valence-electron chi connectivity index (χ1n) is 23.8. The van der Waals surface area contributed by atoms with Gasteiger partial charge in [-0.2, -0.15) is 0 Å². The lowest BCUT2D eigenvalue weighted by molar-refractivity contribution is -0.141. The summed E-state index contributed by atoms with van der Waals surface area (Å²) in [6, 6.07) is -0.154. The van der Waals surface area contributed by atoms with E-state index in [1.165, 1.54) is 50.2 Å². The number of aliphatic carboxylic acids is 1. The number of phenols is 2. The van der Waals surface area contributed by atoms with E-state index in [4.69, 9.17) is 22.9 Å². The molecule has 0 saturated heterocycles. The lowest BCUT2D eigenvalue weighted by atomic mass is 10.0. The lowest BCUT2D eigenvalue weighted by Crippen LogP contribution is -2.61. The van der Waals surface area contributed by atoms with E-state index in [9.17, 15) is 73.5 Å². The van der Waals surface area contributed by atoms with Crippen molar-refractivity contribution in [3.8, 4) is 11.5 Å². The summed E-state index contributed by atoms with van der Waals surface area (Å²) in [5, 5.41) is 68.3. The van der Waals surface area contributed by atoms with Crippen LogP contribution < -0.4 is 65.5 Å². The summed E-state index contributed by atoms with van der Waals surface area (Å²) in [7, 11) is 0. The van der Waals surface area contributed by atoms with Gasteiger partial charge in [-0.1, -0.05) is 24.3 Å². The summed E-state index contributed by atoms with van der Waals surface area (Å²) >= 11 is 0. The minimum atomic E-state index is -1.84. The van der Waals surface area contributed by atoms with E-state index in [0.717, 1.165) is 6.92 Å². The van der Waals surface area contributed by atoms with Gasteiger partial charge in [0.05, 0.1) is 31.2 Å². The number of carbonyl (C=O) groups excluding carboxylic acids is 9. The summed E-state index contributed by atoms with van der Waals surface area (Å²) in [5.41, 5.74) is 23.9. The standard InChI is InChI=1S/C47H72N12O15/c1-24(53-46(73)38(25(2)60)58-45(72)33(9-5-7-19-49)55-42(69)31(50)20-27-10-14-29(62)15-11-27)41(68)57-35(22-37(65)66)43(70)52-23-36(64)54-32(8-4-6-18-48)44(71)59-39(26(3)61)47(74)56-34(40(51)67)21-28-12-16-30(63)17-13-28/h10-17,24-26,31-35,38-39,60-63H,4-9,18-23,48-50H2,1-3H3,(H2,51,67)(H,52,70)(H,53,73)(H,54,64)(H,55,69)(H,56,74)(H,57,68)(H,58,72)(H,59,71)(H,65,66)/t24-,25+,26+,31-,32-,33-,34-,35-,38-,39-/m0/s1. The third-order valence-corrected chi connectivity index (χ3v) is 11.3. The number of carboxylic acid groups (broad SMARTS) is 1. The van der Waals surface area contributed by atoms with Crippen molar-refractivity contribution in [3.05, 3.63) is 59.7 Å². The molecule has 0 aromatic heterocycles. The average Bonchev–Trinajstić information content (AvgIpc) is 3.33. The van der Waals surface area contributed by atoms with E-state index in [1.807, 2.05) is 0 Å². The van der Waals surface area contributed by atoms with Crippen LogP contribution in [0.2, 0.25) is 0 Å². The first-order valence-corrected chi connectivity index (χ1v) is 23.8. The molecule has 0 saturated carbocycles. The Morgan fingerprint density at radius 2 is 0.946 bits per heavy atom. The Morgan fingerprint density at radius 1 is 0.514 bits per heavy atom. The summed E-state index contributed by atoms with van der Waals surface area (Å²) in [6.07, 6.45) is -2.65. The Bertz CT molecular complexity index is 2220. The molecule has 2 aromatic rings. The highest BCUT2D eigenvalue weighted by atomic mass is 16.4. The van der Waals surface area contributed by atoms with Crippen LogP contribution in [0.5, 0.6) is 11.5 Å². The molecule has 0 fully saturated rings. The van der Waals surface area contributed by atoms with E-state index < -0.39 is 133 Å². The van der Waals surface area contributed by atoms with Gasteiger partial charge in [-0.15, -0.1) is 0 Å². The number of unbranched alkanes of at least 4 members (excludes halogenated alkanes) is 2. The smallest absolute Gasteiger partial charge is 0.305 e. The number of hydrogen-bond donors (Lipinski definition) is 17. The largest absolute Gasteiger partial charge is 0.508 e. The molecular weight excluding hydrogens is 973 g/mol. The number of carboxylic acids is 1. The molecule has 27 nitrogen and oxygen atoms in total. The maximum atomic E-state index is 13.5. The van der Waals surface area contributed by atoms with Crippen molar-refractivity contribution in [2.45, 2.75) is 139 Å². The minimum Gasteiger partial charge on any atom is -0.508 e. The zero-order valence-electron chi connectivity index (χ0n) is 41.5. The maximum Gasteiger partial charge on any atom is 0.305 e. The number of amides is 9. The number of aliphatic hydroxyl groups is 2. The van der Waals surface area contributed by atoms with E-state index >= 15 is 0 Å². The Labute approximate surface area is 427 Å². The normalized spacial score (nSPS) is 15.1. The first-order chi connectivity index (χ1) is 34.9. The van der Waals surface area contributed by atoms with Crippen LogP contribution in [0.25, 0.3) is 0 Å².